The van der Waals surface area contributed by atoms with Gasteiger partial charge in [0.25, 0.3) is 5.69 Å². The molecule has 1 atom stereocenters. The van der Waals surface area contributed by atoms with Crippen molar-refractivity contribution in [3.05, 3.63) is 33.9 Å². The lowest BCUT2D eigenvalue weighted by atomic mass is 10.1. The maximum absolute atomic E-state index is 11.7. The topological polar surface area (TPSA) is 75.5 Å². The minimum absolute atomic E-state index is 0.0287. The fraction of sp³-hybridized carbons (Fsp3) is 0.417. The van der Waals surface area contributed by atoms with Crippen molar-refractivity contribution in [2.75, 3.05) is 19.4 Å². The molecule has 0 heterocycles. The minimum atomic E-state index is -0.513. The molecule has 1 aromatic carbocycles. The number of carbonyl (C=O) groups excluding carboxylic acids is 1. The zero-order chi connectivity index (χ0) is 13.9. The summed E-state index contributed by atoms with van der Waals surface area (Å²) < 4.78 is 0. The first kappa shape index (κ1) is 14.0. The first-order chi connectivity index (χ1) is 8.32. The normalized spacial score (nSPS) is 11.8. The third kappa shape index (κ3) is 3.19. The van der Waals surface area contributed by atoms with E-state index in [4.69, 9.17) is 0 Å². The number of carbonyl (C=O) groups is 1. The smallest absolute Gasteiger partial charge is 0.292 e. The number of likely N-dealkylation sites (N-methyl/N-ethyl adjacent to an activating group) is 1. The van der Waals surface area contributed by atoms with Crippen molar-refractivity contribution in [2.45, 2.75) is 19.9 Å². The molecular weight excluding hydrogens is 234 g/mol. The van der Waals surface area contributed by atoms with Crippen LogP contribution in [0.4, 0.5) is 11.4 Å². The molecule has 0 fully saturated rings. The van der Waals surface area contributed by atoms with E-state index in [9.17, 15) is 14.9 Å². The zero-order valence-electron chi connectivity index (χ0n) is 10.9. The molecule has 18 heavy (non-hydrogen) atoms. The number of benzene rings is 1. The Morgan fingerprint density at radius 2 is 2.06 bits per heavy atom. The van der Waals surface area contributed by atoms with Crippen molar-refractivity contribution in [2.24, 2.45) is 0 Å². The molecule has 0 aliphatic heterocycles. The number of nitro groups is 1. The van der Waals surface area contributed by atoms with E-state index in [0.29, 0.717) is 5.69 Å². The lowest BCUT2D eigenvalue weighted by Gasteiger charge is -2.19. The van der Waals surface area contributed by atoms with Gasteiger partial charge in [0.05, 0.1) is 4.92 Å². The largest absolute Gasteiger partial charge is 0.368 e. The van der Waals surface area contributed by atoms with Crippen LogP contribution in [0.15, 0.2) is 18.2 Å². The van der Waals surface area contributed by atoms with Gasteiger partial charge < -0.3 is 10.2 Å². The number of hydrogen-bond acceptors (Lipinski definition) is 4. The molecule has 0 saturated heterocycles. The minimum Gasteiger partial charge on any atom is -0.368 e. The Kier molecular flexibility index (Phi) is 4.25. The predicted molar refractivity (Wildman–Crippen MR) is 69.6 cm³/mol. The maximum atomic E-state index is 11.7. The van der Waals surface area contributed by atoms with E-state index in [2.05, 4.69) is 5.32 Å². The van der Waals surface area contributed by atoms with Crippen molar-refractivity contribution in [3.63, 3.8) is 0 Å². The lowest BCUT2D eigenvalue weighted by Crippen LogP contribution is -2.36. The molecule has 1 aromatic rings. The molecule has 98 valence electrons. The molecule has 0 bridgehead atoms. The second-order valence-corrected chi connectivity index (χ2v) is 4.38. The van der Waals surface area contributed by atoms with E-state index >= 15 is 0 Å². The van der Waals surface area contributed by atoms with Gasteiger partial charge in [-0.25, -0.2) is 0 Å². The van der Waals surface area contributed by atoms with Crippen molar-refractivity contribution < 1.29 is 9.72 Å². The van der Waals surface area contributed by atoms with Gasteiger partial charge in [-0.2, -0.15) is 0 Å². The summed E-state index contributed by atoms with van der Waals surface area (Å²) in [6, 6.07) is 4.25. The Balaban J connectivity index is 2.99. The average Bonchev–Trinajstić information content (AvgIpc) is 2.27. The van der Waals surface area contributed by atoms with Gasteiger partial charge in [0.15, 0.2) is 0 Å². The SMILES string of the molecule is Cc1ccc([N+](=O)[O-])c(NC(C)C(=O)N(C)C)c1. The van der Waals surface area contributed by atoms with Gasteiger partial charge in [-0.15, -0.1) is 0 Å². The van der Waals surface area contributed by atoms with Crippen LogP contribution in [-0.2, 0) is 4.79 Å². The van der Waals surface area contributed by atoms with Crippen molar-refractivity contribution in [1.29, 1.82) is 0 Å². The molecule has 0 radical (unpaired) electrons. The number of nitrogens with zero attached hydrogens (tertiary/aromatic N) is 2. The molecule has 0 spiro atoms. The van der Waals surface area contributed by atoms with Gasteiger partial charge in [-0.1, -0.05) is 6.07 Å². The fourth-order valence-electron chi connectivity index (χ4n) is 1.61. The Morgan fingerprint density at radius 3 is 2.56 bits per heavy atom. The third-order valence-electron chi connectivity index (χ3n) is 2.53. The van der Waals surface area contributed by atoms with Gasteiger partial charge in [0, 0.05) is 20.2 Å². The zero-order valence-corrected chi connectivity index (χ0v) is 10.9. The van der Waals surface area contributed by atoms with Crippen LogP contribution in [0.1, 0.15) is 12.5 Å². The highest BCUT2D eigenvalue weighted by atomic mass is 16.6. The number of aryl methyl sites for hydroxylation is 1. The van der Waals surface area contributed by atoms with E-state index in [1.54, 1.807) is 33.2 Å². The summed E-state index contributed by atoms with van der Waals surface area (Å²) in [7, 11) is 3.29. The highest BCUT2D eigenvalue weighted by molar-refractivity contribution is 5.84. The van der Waals surface area contributed by atoms with Crippen molar-refractivity contribution in [1.82, 2.24) is 4.90 Å². The van der Waals surface area contributed by atoms with E-state index in [0.717, 1.165) is 5.56 Å². The molecular formula is C12H17N3O3. The molecule has 0 aliphatic rings. The van der Waals surface area contributed by atoms with Crippen LogP contribution in [0.3, 0.4) is 0 Å². The highest BCUT2D eigenvalue weighted by Gasteiger charge is 2.19. The Labute approximate surface area is 106 Å². The number of rotatable bonds is 4. The first-order valence-electron chi connectivity index (χ1n) is 5.55. The van der Waals surface area contributed by atoms with Crippen molar-refractivity contribution >= 4 is 17.3 Å². The van der Waals surface area contributed by atoms with Gasteiger partial charge >= 0.3 is 0 Å². The van der Waals surface area contributed by atoms with Crippen molar-refractivity contribution in [3.8, 4) is 0 Å². The molecule has 6 heteroatoms. The summed E-state index contributed by atoms with van der Waals surface area (Å²) in [5.41, 5.74) is 1.23. The van der Waals surface area contributed by atoms with E-state index in [1.807, 2.05) is 6.92 Å². The lowest BCUT2D eigenvalue weighted by molar-refractivity contribution is -0.384. The molecule has 0 aromatic heterocycles. The van der Waals surface area contributed by atoms with Crippen LogP contribution in [0.5, 0.6) is 0 Å². The number of anilines is 1. The first-order valence-corrected chi connectivity index (χ1v) is 5.55. The standard InChI is InChI=1S/C12H17N3O3/c1-8-5-6-11(15(17)18)10(7-8)13-9(2)12(16)14(3)4/h5-7,9,13H,1-4H3. The van der Waals surface area contributed by atoms with E-state index in [-0.39, 0.29) is 11.6 Å². The predicted octanol–water partition coefficient (Wildman–Crippen LogP) is 1.79. The molecule has 0 aliphatic carbocycles. The highest BCUT2D eigenvalue weighted by Crippen LogP contribution is 2.25. The number of hydrogen-bond donors (Lipinski definition) is 1. The number of nitrogens with one attached hydrogen (secondary N) is 1. The Bertz CT molecular complexity index is 472. The van der Waals surface area contributed by atoms with Crippen LogP contribution in [-0.4, -0.2) is 35.9 Å². The summed E-state index contributed by atoms with van der Waals surface area (Å²) in [5, 5.41) is 13.8. The molecule has 6 nitrogen and oxygen atoms in total. The summed E-state index contributed by atoms with van der Waals surface area (Å²) in [6.07, 6.45) is 0. The molecule has 1 amide bonds. The average molecular weight is 251 g/mol. The van der Waals surface area contributed by atoms with Crippen LogP contribution >= 0.6 is 0 Å². The number of amides is 1. The van der Waals surface area contributed by atoms with E-state index < -0.39 is 11.0 Å². The second kappa shape index (κ2) is 5.48. The molecule has 0 saturated carbocycles. The molecule has 1 rings (SSSR count). The third-order valence-corrected chi connectivity index (χ3v) is 2.53. The summed E-state index contributed by atoms with van der Waals surface area (Å²) in [5.74, 6) is -0.134. The Morgan fingerprint density at radius 1 is 1.44 bits per heavy atom. The maximum Gasteiger partial charge on any atom is 0.292 e. The summed E-state index contributed by atoms with van der Waals surface area (Å²) >= 11 is 0. The fourth-order valence-corrected chi connectivity index (χ4v) is 1.61. The second-order valence-electron chi connectivity index (χ2n) is 4.38. The molecule has 1 unspecified atom stereocenters. The Hall–Kier alpha value is -2.11. The number of nitro benzene ring substituents is 1. The van der Waals surface area contributed by atoms with Crippen LogP contribution in [0.25, 0.3) is 0 Å². The van der Waals surface area contributed by atoms with Gasteiger partial charge in [0.1, 0.15) is 11.7 Å². The summed E-state index contributed by atoms with van der Waals surface area (Å²) in [6.45, 7) is 3.52. The quantitative estimate of drug-likeness (QED) is 0.654. The van der Waals surface area contributed by atoms with Crippen LogP contribution in [0, 0.1) is 17.0 Å². The van der Waals surface area contributed by atoms with Gasteiger partial charge in [-0.05, 0) is 25.5 Å². The summed E-state index contributed by atoms with van der Waals surface area (Å²) in [4.78, 5) is 23.6. The monoisotopic (exact) mass is 251 g/mol. The molecule has 1 N–H and O–H groups in total. The van der Waals surface area contributed by atoms with Crippen LogP contribution in [0.2, 0.25) is 0 Å². The van der Waals surface area contributed by atoms with Gasteiger partial charge in [0.2, 0.25) is 5.91 Å². The van der Waals surface area contributed by atoms with Gasteiger partial charge in [-0.3, -0.25) is 14.9 Å². The van der Waals surface area contributed by atoms with E-state index in [1.165, 1.54) is 11.0 Å². The van der Waals surface area contributed by atoms with Crippen LogP contribution < -0.4 is 5.32 Å².